The number of rotatable bonds is 8. The number of imidazole rings is 1. The third-order valence-electron chi connectivity index (χ3n) is 4.71. The van der Waals surface area contributed by atoms with Crippen molar-refractivity contribution in [3.63, 3.8) is 0 Å². The fraction of sp³-hybridized carbons (Fsp3) is 0.400. The normalized spacial score (nSPS) is 12.1. The second-order valence-corrected chi connectivity index (χ2v) is 11.7. The number of aliphatic hydroxyl groups excluding tert-OH is 1. The van der Waals surface area contributed by atoms with Crippen molar-refractivity contribution in [2.24, 2.45) is 5.92 Å². The highest BCUT2D eigenvalue weighted by atomic mass is 32.2. The largest absolute Gasteiger partial charge is 0.392 e. The average Bonchev–Trinajstić information content (AvgIpc) is 3.01. The topological polar surface area (TPSA) is 101 Å². The molecule has 0 spiro atoms. The number of aromatic nitrogens is 2. The predicted octanol–water partition coefficient (Wildman–Crippen LogP) is 3.78. The number of hydrogen-bond donors (Lipinski definition) is 2. The first-order valence-corrected chi connectivity index (χ1v) is 12.8. The number of anilines is 1. The minimum atomic E-state index is -3.94. The minimum Gasteiger partial charge on any atom is -0.392 e. The number of aliphatic hydroxyl groups is 1. The van der Waals surface area contributed by atoms with Gasteiger partial charge in [-0.15, -0.1) is 23.1 Å². The Morgan fingerprint density at radius 3 is 2.50 bits per heavy atom. The van der Waals surface area contributed by atoms with E-state index in [1.54, 1.807) is 23.9 Å². The van der Waals surface area contributed by atoms with Crippen molar-refractivity contribution in [2.75, 3.05) is 10.5 Å². The summed E-state index contributed by atoms with van der Waals surface area (Å²) in [5.41, 5.74) is 1.35. The van der Waals surface area contributed by atoms with E-state index < -0.39 is 15.7 Å². The van der Waals surface area contributed by atoms with Crippen LogP contribution in [-0.2, 0) is 16.6 Å². The number of hydrogen-bond acceptors (Lipinski definition) is 7. The first kappa shape index (κ1) is 22.8. The van der Waals surface area contributed by atoms with Crippen LogP contribution in [0.25, 0.3) is 5.69 Å². The van der Waals surface area contributed by atoms with Crippen LogP contribution in [0.3, 0.4) is 0 Å². The second-order valence-electron chi connectivity index (χ2n) is 7.40. The van der Waals surface area contributed by atoms with Crippen LogP contribution in [-0.4, -0.2) is 28.8 Å². The first-order chi connectivity index (χ1) is 14.1. The third-order valence-corrected chi connectivity index (χ3v) is 8.54. The molecule has 0 radical (unpaired) electrons. The molecule has 0 aromatic heterocycles. The zero-order valence-corrected chi connectivity index (χ0v) is 19.7. The molecule has 0 saturated heterocycles. The molecule has 0 atom stereocenters. The van der Waals surface area contributed by atoms with Gasteiger partial charge in [0.05, 0.1) is 15.7 Å². The summed E-state index contributed by atoms with van der Waals surface area (Å²) in [6.45, 7) is 7.90. The molecular weight excluding hydrogens is 442 g/mol. The van der Waals surface area contributed by atoms with Crippen LogP contribution in [0, 0.1) is 19.8 Å². The molecule has 0 saturated carbocycles. The maximum Gasteiger partial charge on any atom is 0.354 e. The molecule has 162 valence electrons. The van der Waals surface area contributed by atoms with E-state index in [-0.39, 0.29) is 17.3 Å². The number of fused-ring (bicyclic) bond motifs is 1. The van der Waals surface area contributed by atoms with Gasteiger partial charge < -0.3 is 5.11 Å². The van der Waals surface area contributed by atoms with Gasteiger partial charge in [-0.25, -0.2) is 13.2 Å². The van der Waals surface area contributed by atoms with Crippen LogP contribution in [0.1, 0.15) is 36.4 Å². The molecule has 10 heteroatoms. The molecule has 7 nitrogen and oxygen atoms in total. The molecule has 2 heterocycles. The number of nitrogens with one attached hydrogen (secondary N) is 1. The van der Waals surface area contributed by atoms with Gasteiger partial charge in [-0.1, -0.05) is 26.0 Å². The molecule has 0 fully saturated rings. The molecule has 30 heavy (non-hydrogen) atoms. The summed E-state index contributed by atoms with van der Waals surface area (Å²) in [5.74, 6) is 1.45. The van der Waals surface area contributed by atoms with Crippen LogP contribution < -0.4 is 10.4 Å². The monoisotopic (exact) mass is 467 g/mol. The zero-order chi connectivity index (χ0) is 22.1. The molecule has 1 aromatic rings. The van der Waals surface area contributed by atoms with Crippen molar-refractivity contribution < 1.29 is 13.5 Å². The van der Waals surface area contributed by atoms with Crippen molar-refractivity contribution in [3.05, 3.63) is 50.9 Å². The molecule has 0 aliphatic carbocycles. The number of benzene rings is 1. The van der Waals surface area contributed by atoms with Gasteiger partial charge in [0.25, 0.3) is 10.0 Å². The highest BCUT2D eigenvalue weighted by Crippen LogP contribution is 2.38. The summed E-state index contributed by atoms with van der Waals surface area (Å²) in [6, 6.07) is 5.92. The lowest BCUT2D eigenvalue weighted by Crippen LogP contribution is -2.17. The smallest absolute Gasteiger partial charge is 0.354 e. The predicted molar refractivity (Wildman–Crippen MR) is 122 cm³/mol. The van der Waals surface area contributed by atoms with Crippen LogP contribution in [0.5, 0.6) is 0 Å². The van der Waals surface area contributed by atoms with E-state index in [0.717, 1.165) is 27.0 Å². The van der Waals surface area contributed by atoms with E-state index in [0.29, 0.717) is 17.2 Å². The molecule has 1 aromatic carbocycles. The molecule has 2 aliphatic rings. The van der Waals surface area contributed by atoms with Crippen molar-refractivity contribution in [1.82, 2.24) is 9.55 Å². The summed E-state index contributed by atoms with van der Waals surface area (Å²) < 4.78 is 30.6. The lowest BCUT2D eigenvalue weighted by molar-refractivity contribution is 0.282. The van der Waals surface area contributed by atoms with Gasteiger partial charge in [0.1, 0.15) is 5.69 Å². The number of sulfonamides is 1. The Hall–Kier alpha value is -1.88. The molecule has 3 rings (SSSR count). The van der Waals surface area contributed by atoms with Crippen LogP contribution in [0.2, 0.25) is 0 Å². The third kappa shape index (κ3) is 4.72. The Kier molecular flexibility index (Phi) is 6.91. The Balaban J connectivity index is 2.04. The highest BCUT2D eigenvalue weighted by Gasteiger charge is 2.26. The van der Waals surface area contributed by atoms with Gasteiger partial charge in [0.15, 0.2) is 5.82 Å². The summed E-state index contributed by atoms with van der Waals surface area (Å²) in [6.07, 6.45) is 1.01. The summed E-state index contributed by atoms with van der Waals surface area (Å²) in [7, 11) is -3.94. The number of aryl methyl sites for hydroxylation is 1. The van der Waals surface area contributed by atoms with Gasteiger partial charge in [0.2, 0.25) is 0 Å². The summed E-state index contributed by atoms with van der Waals surface area (Å²) in [4.78, 5) is 17.6. The minimum absolute atomic E-state index is 0.0369. The zero-order valence-electron chi connectivity index (χ0n) is 17.3. The maximum atomic E-state index is 12.9. The number of thioether (sulfide) groups is 1. The van der Waals surface area contributed by atoms with Crippen molar-refractivity contribution >= 4 is 38.9 Å². The molecule has 0 unspecified atom stereocenters. The highest BCUT2D eigenvalue weighted by molar-refractivity contribution is 8.01. The maximum absolute atomic E-state index is 12.9. The quantitative estimate of drug-likeness (QED) is 0.489. The lowest BCUT2D eigenvalue weighted by Gasteiger charge is -2.16. The Morgan fingerprint density at radius 2 is 1.90 bits per heavy atom. The van der Waals surface area contributed by atoms with E-state index in [2.05, 4.69) is 23.6 Å². The summed E-state index contributed by atoms with van der Waals surface area (Å²) >= 11 is 3.15. The first-order valence-electron chi connectivity index (χ1n) is 9.52. The van der Waals surface area contributed by atoms with Crippen molar-refractivity contribution in [1.29, 1.82) is 0 Å². The van der Waals surface area contributed by atoms with Crippen LogP contribution >= 0.6 is 23.1 Å². The van der Waals surface area contributed by atoms with Crippen molar-refractivity contribution in [2.45, 2.75) is 49.8 Å². The van der Waals surface area contributed by atoms with Gasteiger partial charge >= 0.3 is 5.69 Å². The van der Waals surface area contributed by atoms with E-state index in [9.17, 15) is 13.2 Å². The van der Waals surface area contributed by atoms with Crippen molar-refractivity contribution in [3.8, 4) is 5.69 Å². The molecule has 2 N–H and O–H groups in total. The van der Waals surface area contributed by atoms with E-state index in [1.807, 2.05) is 13.8 Å². The van der Waals surface area contributed by atoms with E-state index in [4.69, 9.17) is 5.11 Å². The standard InChI is InChI=1S/C20H25N3O4S3/c1-12(2)9-10-28-19-17-18(21-20(25)23(17)13(3)14(4)29-19)22-30(26,27)16-7-5-15(11-24)6-8-16/h5-8,12,24H,9-11H2,1-4H3,(H,21,22,25). The fourth-order valence-corrected chi connectivity index (χ4v) is 6.61. The number of nitrogens with zero attached hydrogens (tertiary/aromatic N) is 2. The van der Waals surface area contributed by atoms with Crippen LogP contribution in [0.15, 0.2) is 38.2 Å². The summed E-state index contributed by atoms with van der Waals surface area (Å²) in [5, 5.41) is 9.16. The van der Waals surface area contributed by atoms with Gasteiger partial charge in [-0.3, -0.25) is 9.29 Å². The van der Waals surface area contributed by atoms with E-state index in [1.165, 1.54) is 28.0 Å². The molecular formula is C20H25N3O4S3. The van der Waals surface area contributed by atoms with Gasteiger partial charge in [-0.05, 0) is 49.6 Å². The second kappa shape index (κ2) is 9.09. The Morgan fingerprint density at radius 1 is 1.23 bits per heavy atom. The van der Waals surface area contributed by atoms with Gasteiger partial charge in [-0.2, -0.15) is 4.98 Å². The Bertz CT molecular complexity index is 1170. The van der Waals surface area contributed by atoms with E-state index >= 15 is 0 Å². The lowest BCUT2D eigenvalue weighted by atomic mass is 10.2. The molecule has 0 amide bonds. The van der Waals surface area contributed by atoms with Crippen LogP contribution in [0.4, 0.5) is 5.82 Å². The molecule has 2 aliphatic heterocycles. The average molecular weight is 468 g/mol. The fourth-order valence-electron chi connectivity index (χ4n) is 2.83. The van der Waals surface area contributed by atoms with Gasteiger partial charge in [0, 0.05) is 10.6 Å². The SMILES string of the molecule is Cc1sc(SCCC(C)C)c2c(NS(=O)(=O)c3ccc(CO)cc3)nc(=O)n-2c1C. The molecule has 0 bridgehead atoms. The Labute approximate surface area is 184 Å².